The highest BCUT2D eigenvalue weighted by molar-refractivity contribution is 5.79. The monoisotopic (exact) mass is 690 g/mol. The topological polar surface area (TPSA) is 111 Å². The average molecular weight is 691 g/mol. The molecule has 264 valence electrons. The number of likely N-dealkylation sites (tertiary alicyclic amines) is 2. The van der Waals surface area contributed by atoms with E-state index in [4.69, 9.17) is 9.84 Å². The molecule has 4 amide bonds. The standard InChI is InChI=1S/C32H37F7N4O5/c1-19-14-24(33)2-3-26(19)27-18-25(48-30(47)42-10-5-21(6-11-42)28(45)40-9-13-44)7-12-43(27)29(46)41-8-4-20-15-22(31(34,35)36)17-23(16-20)32(37,38)39/h2-3,14-17,21,25,27,44H,4-13,18H2,1H3,(H,40,45)(H,41,46)/t25-,27+/m0/s1. The van der Waals surface area contributed by atoms with Crippen LogP contribution in [0.3, 0.4) is 0 Å². The van der Waals surface area contributed by atoms with E-state index in [-0.39, 0.29) is 82.0 Å². The van der Waals surface area contributed by atoms with Gasteiger partial charge in [-0.15, -0.1) is 0 Å². The summed E-state index contributed by atoms with van der Waals surface area (Å²) in [7, 11) is 0. The number of aliphatic hydroxyl groups excluding tert-OH is 1. The molecule has 2 saturated heterocycles. The van der Waals surface area contributed by atoms with Crippen LogP contribution in [-0.2, 0) is 28.3 Å². The van der Waals surface area contributed by atoms with Crippen LogP contribution in [0.5, 0.6) is 0 Å². The second-order valence-electron chi connectivity index (χ2n) is 11.9. The minimum Gasteiger partial charge on any atom is -0.446 e. The predicted molar refractivity (Wildman–Crippen MR) is 158 cm³/mol. The lowest BCUT2D eigenvalue weighted by atomic mass is 9.90. The molecule has 0 spiro atoms. The Balaban J connectivity index is 1.41. The first-order valence-electron chi connectivity index (χ1n) is 15.5. The number of nitrogens with zero attached hydrogens (tertiary/aromatic N) is 2. The minimum atomic E-state index is -5.00. The van der Waals surface area contributed by atoms with Crippen molar-refractivity contribution in [2.24, 2.45) is 5.92 Å². The third-order valence-electron chi connectivity index (χ3n) is 8.55. The van der Waals surface area contributed by atoms with Gasteiger partial charge in [0, 0.05) is 51.5 Å². The lowest BCUT2D eigenvalue weighted by Gasteiger charge is -2.40. The van der Waals surface area contributed by atoms with Gasteiger partial charge >= 0.3 is 24.5 Å². The Kier molecular flexibility index (Phi) is 11.8. The van der Waals surface area contributed by atoms with E-state index in [0.717, 1.165) is 0 Å². The van der Waals surface area contributed by atoms with Crippen LogP contribution in [0.15, 0.2) is 36.4 Å². The number of carbonyl (C=O) groups is 3. The number of aliphatic hydroxyl groups is 1. The highest BCUT2D eigenvalue weighted by atomic mass is 19.4. The molecule has 48 heavy (non-hydrogen) atoms. The summed E-state index contributed by atoms with van der Waals surface area (Å²) >= 11 is 0. The van der Waals surface area contributed by atoms with Gasteiger partial charge in [-0.2, -0.15) is 26.3 Å². The Morgan fingerprint density at radius 3 is 2.12 bits per heavy atom. The molecular weight excluding hydrogens is 653 g/mol. The maximum atomic E-state index is 14.0. The van der Waals surface area contributed by atoms with Gasteiger partial charge in [0.1, 0.15) is 11.9 Å². The van der Waals surface area contributed by atoms with Gasteiger partial charge in [0.2, 0.25) is 5.91 Å². The highest BCUT2D eigenvalue weighted by Gasteiger charge is 2.38. The molecule has 0 radical (unpaired) electrons. The maximum absolute atomic E-state index is 14.0. The van der Waals surface area contributed by atoms with Crippen molar-refractivity contribution in [3.63, 3.8) is 0 Å². The summed E-state index contributed by atoms with van der Waals surface area (Å²) in [5.41, 5.74) is -2.06. The van der Waals surface area contributed by atoms with E-state index < -0.39 is 53.6 Å². The summed E-state index contributed by atoms with van der Waals surface area (Å²) in [6, 6.07) is 3.95. The lowest BCUT2D eigenvalue weighted by Crippen LogP contribution is -2.49. The molecule has 2 heterocycles. The largest absolute Gasteiger partial charge is 0.446 e. The summed E-state index contributed by atoms with van der Waals surface area (Å²) in [5, 5.41) is 14.1. The van der Waals surface area contributed by atoms with Gasteiger partial charge in [0.15, 0.2) is 0 Å². The fourth-order valence-electron chi connectivity index (χ4n) is 6.03. The van der Waals surface area contributed by atoms with Crippen LogP contribution in [0.2, 0.25) is 0 Å². The van der Waals surface area contributed by atoms with E-state index in [1.165, 1.54) is 28.0 Å². The van der Waals surface area contributed by atoms with Crippen molar-refractivity contribution in [1.29, 1.82) is 0 Å². The van der Waals surface area contributed by atoms with Crippen LogP contribution in [0, 0.1) is 18.7 Å². The van der Waals surface area contributed by atoms with Gasteiger partial charge in [0.05, 0.1) is 23.8 Å². The summed E-state index contributed by atoms with van der Waals surface area (Å²) in [6.07, 6.45) is -10.3. The number of aryl methyl sites for hydroxylation is 1. The molecule has 3 N–H and O–H groups in total. The van der Waals surface area contributed by atoms with Crippen LogP contribution in [0.25, 0.3) is 0 Å². The summed E-state index contributed by atoms with van der Waals surface area (Å²) in [6.45, 7) is 2.00. The van der Waals surface area contributed by atoms with Crippen LogP contribution >= 0.6 is 0 Å². The molecule has 0 aliphatic carbocycles. The molecule has 0 unspecified atom stereocenters. The number of carbonyl (C=O) groups excluding carboxylic acids is 3. The van der Waals surface area contributed by atoms with Crippen molar-refractivity contribution < 1.29 is 55.0 Å². The zero-order valence-electron chi connectivity index (χ0n) is 26.1. The first kappa shape index (κ1) is 36.8. The fourth-order valence-corrected chi connectivity index (χ4v) is 6.03. The molecule has 9 nitrogen and oxygen atoms in total. The molecule has 2 fully saturated rings. The lowest BCUT2D eigenvalue weighted by molar-refractivity contribution is -0.143. The van der Waals surface area contributed by atoms with Gasteiger partial charge in [-0.1, -0.05) is 6.07 Å². The van der Waals surface area contributed by atoms with E-state index in [1.54, 1.807) is 6.92 Å². The number of rotatable bonds is 8. The Bertz CT molecular complexity index is 1430. The molecular formula is C32H37F7N4O5. The number of halogens is 7. The SMILES string of the molecule is Cc1cc(F)ccc1[C@H]1C[C@@H](OC(=O)N2CCC(C(=O)NCCO)CC2)CCN1C(=O)NCCc1cc(C(F)(F)F)cc(C(F)(F)F)c1. The molecule has 16 heteroatoms. The van der Waals surface area contributed by atoms with Crippen LogP contribution < -0.4 is 10.6 Å². The quantitative estimate of drug-likeness (QED) is 0.313. The molecule has 0 bridgehead atoms. The number of alkyl halides is 6. The molecule has 2 aliphatic rings. The summed E-state index contributed by atoms with van der Waals surface area (Å²) in [4.78, 5) is 41.5. The van der Waals surface area contributed by atoms with Crippen molar-refractivity contribution in [3.8, 4) is 0 Å². The van der Waals surface area contributed by atoms with Gasteiger partial charge < -0.3 is 30.3 Å². The van der Waals surface area contributed by atoms with E-state index in [0.29, 0.717) is 36.1 Å². The predicted octanol–water partition coefficient (Wildman–Crippen LogP) is 5.59. The van der Waals surface area contributed by atoms with Crippen molar-refractivity contribution >= 4 is 18.0 Å². The Hall–Kier alpha value is -4.08. The number of nitrogens with one attached hydrogen (secondary N) is 2. The molecule has 4 rings (SSSR count). The number of ether oxygens (including phenoxy) is 1. The molecule has 0 aromatic heterocycles. The van der Waals surface area contributed by atoms with Crippen molar-refractivity contribution in [1.82, 2.24) is 20.4 Å². The fraction of sp³-hybridized carbons (Fsp3) is 0.531. The van der Waals surface area contributed by atoms with E-state index >= 15 is 0 Å². The summed E-state index contributed by atoms with van der Waals surface area (Å²) < 4.78 is 99.3. The number of urea groups is 1. The first-order valence-corrected chi connectivity index (χ1v) is 15.5. The average Bonchev–Trinajstić information content (AvgIpc) is 3.02. The smallest absolute Gasteiger partial charge is 0.416 e. The Morgan fingerprint density at radius 2 is 1.54 bits per heavy atom. The van der Waals surface area contributed by atoms with Gasteiger partial charge in [-0.25, -0.2) is 14.0 Å². The van der Waals surface area contributed by atoms with Crippen LogP contribution in [0.1, 0.15) is 59.5 Å². The molecule has 2 aromatic carbocycles. The third-order valence-corrected chi connectivity index (χ3v) is 8.55. The third kappa shape index (κ3) is 9.51. The molecule has 2 aromatic rings. The number of hydrogen-bond acceptors (Lipinski definition) is 5. The minimum absolute atomic E-state index is 0.0378. The first-order chi connectivity index (χ1) is 22.6. The van der Waals surface area contributed by atoms with E-state index in [1.807, 2.05) is 0 Å². The zero-order valence-corrected chi connectivity index (χ0v) is 26.1. The number of amides is 4. The highest BCUT2D eigenvalue weighted by Crippen LogP contribution is 2.37. The van der Waals surface area contributed by atoms with E-state index in [2.05, 4.69) is 10.6 Å². The number of piperidine rings is 2. The van der Waals surface area contributed by atoms with E-state index in [9.17, 15) is 45.1 Å². The molecule has 0 saturated carbocycles. The van der Waals surface area contributed by atoms with Crippen LogP contribution in [0.4, 0.5) is 40.3 Å². The normalized spacial score (nSPS) is 19.2. The second kappa shape index (κ2) is 15.4. The van der Waals surface area contributed by atoms with Gasteiger partial charge in [-0.3, -0.25) is 4.79 Å². The number of hydrogen-bond donors (Lipinski definition) is 3. The number of benzene rings is 2. The van der Waals surface area contributed by atoms with Gasteiger partial charge in [0.25, 0.3) is 0 Å². The molecule has 2 aliphatic heterocycles. The Morgan fingerprint density at radius 1 is 0.896 bits per heavy atom. The zero-order chi connectivity index (χ0) is 35.2. The van der Waals surface area contributed by atoms with Crippen molar-refractivity contribution in [2.45, 2.75) is 63.5 Å². The van der Waals surface area contributed by atoms with Crippen molar-refractivity contribution in [2.75, 3.05) is 39.3 Å². The van der Waals surface area contributed by atoms with Gasteiger partial charge in [-0.05, 0) is 73.2 Å². The van der Waals surface area contributed by atoms with Crippen LogP contribution in [-0.4, -0.2) is 78.4 Å². The van der Waals surface area contributed by atoms with Crippen molar-refractivity contribution in [3.05, 3.63) is 70.0 Å². The Labute approximate surface area is 272 Å². The summed E-state index contributed by atoms with van der Waals surface area (Å²) in [5.74, 6) is -0.992. The molecule has 2 atom stereocenters. The second-order valence-corrected chi connectivity index (χ2v) is 11.9. The maximum Gasteiger partial charge on any atom is 0.416 e.